The highest BCUT2D eigenvalue weighted by molar-refractivity contribution is 7.99. The van der Waals surface area contributed by atoms with Crippen LogP contribution in [0, 0.1) is 13.8 Å². The highest BCUT2D eigenvalue weighted by Gasteiger charge is 2.18. The lowest BCUT2D eigenvalue weighted by Gasteiger charge is -2.10. The third-order valence-electron chi connectivity index (χ3n) is 4.79. The van der Waals surface area contributed by atoms with E-state index in [9.17, 15) is 9.59 Å². The van der Waals surface area contributed by atoms with Crippen molar-refractivity contribution in [1.29, 1.82) is 0 Å². The Hall–Kier alpha value is -2.64. The van der Waals surface area contributed by atoms with Gasteiger partial charge in [-0.25, -0.2) is 4.98 Å². The zero-order valence-electron chi connectivity index (χ0n) is 15.6. The summed E-state index contributed by atoms with van der Waals surface area (Å²) in [6.07, 6.45) is 3.42. The van der Waals surface area contributed by atoms with E-state index >= 15 is 0 Å². The predicted molar refractivity (Wildman–Crippen MR) is 117 cm³/mol. The second-order valence-corrected chi connectivity index (χ2v) is 8.67. The molecule has 3 aromatic heterocycles. The number of ketones is 1. The maximum atomic E-state index is 13.0. The molecule has 142 valence electrons. The maximum absolute atomic E-state index is 13.0. The fraction of sp³-hybridized carbons (Fsp3) is 0.190. The Morgan fingerprint density at radius 2 is 2.14 bits per heavy atom. The van der Waals surface area contributed by atoms with Crippen molar-refractivity contribution in [3.63, 3.8) is 0 Å². The fourth-order valence-electron chi connectivity index (χ4n) is 3.22. The zero-order chi connectivity index (χ0) is 19.8. The molecule has 0 spiro atoms. The molecule has 4 rings (SSSR count). The van der Waals surface area contributed by atoms with Crippen LogP contribution < -0.4 is 5.56 Å². The number of aromatic amines is 1. The maximum Gasteiger partial charge on any atom is 0.263 e. The van der Waals surface area contributed by atoms with Crippen LogP contribution in [0.4, 0.5) is 0 Å². The summed E-state index contributed by atoms with van der Waals surface area (Å²) < 4.78 is 1.60. The van der Waals surface area contributed by atoms with Gasteiger partial charge in [-0.2, -0.15) is 0 Å². The lowest BCUT2D eigenvalue weighted by atomic mass is 10.1. The first kappa shape index (κ1) is 18.7. The summed E-state index contributed by atoms with van der Waals surface area (Å²) >= 11 is 2.81. The largest absolute Gasteiger partial charge is 0.360 e. The third-order valence-corrected chi connectivity index (χ3v) is 6.87. The topological polar surface area (TPSA) is 67.8 Å². The molecule has 7 heteroatoms. The molecule has 0 aliphatic heterocycles. The molecule has 5 nitrogen and oxygen atoms in total. The number of rotatable bonds is 6. The van der Waals surface area contributed by atoms with E-state index in [2.05, 4.69) is 16.5 Å². The van der Waals surface area contributed by atoms with E-state index < -0.39 is 0 Å². The van der Waals surface area contributed by atoms with Gasteiger partial charge in [0, 0.05) is 34.1 Å². The highest BCUT2D eigenvalue weighted by atomic mass is 32.2. The van der Waals surface area contributed by atoms with Gasteiger partial charge in [0.1, 0.15) is 4.83 Å². The molecule has 0 bridgehead atoms. The number of benzene rings is 1. The number of carbonyl (C=O) groups is 1. The molecular formula is C21H19N3O2S2. The zero-order valence-corrected chi connectivity index (χ0v) is 17.2. The number of allylic oxidation sites excluding steroid dienone is 1. The quantitative estimate of drug-likeness (QED) is 0.217. The van der Waals surface area contributed by atoms with Crippen molar-refractivity contribution >= 4 is 50.0 Å². The number of hydrogen-bond acceptors (Lipinski definition) is 5. The minimum Gasteiger partial charge on any atom is -0.360 e. The second kappa shape index (κ2) is 7.41. The summed E-state index contributed by atoms with van der Waals surface area (Å²) in [5, 5.41) is 2.12. The van der Waals surface area contributed by atoms with Crippen molar-refractivity contribution in [2.75, 3.05) is 5.75 Å². The number of fused-ring (bicyclic) bond motifs is 2. The Balaban J connectivity index is 1.69. The number of aromatic nitrogens is 3. The smallest absolute Gasteiger partial charge is 0.263 e. The number of hydrogen-bond donors (Lipinski definition) is 1. The van der Waals surface area contributed by atoms with Crippen molar-refractivity contribution in [2.45, 2.75) is 25.5 Å². The Bertz CT molecular complexity index is 1280. The molecule has 0 aliphatic carbocycles. The van der Waals surface area contributed by atoms with Gasteiger partial charge in [0.25, 0.3) is 5.56 Å². The van der Waals surface area contributed by atoms with Gasteiger partial charge in [0.2, 0.25) is 0 Å². The number of H-pyrrole nitrogens is 1. The molecule has 28 heavy (non-hydrogen) atoms. The van der Waals surface area contributed by atoms with E-state index in [1.807, 2.05) is 38.1 Å². The minimum absolute atomic E-state index is 0.000453. The number of carbonyl (C=O) groups excluding carboxylic acids is 1. The van der Waals surface area contributed by atoms with Crippen molar-refractivity contribution in [1.82, 2.24) is 14.5 Å². The van der Waals surface area contributed by atoms with E-state index in [0.29, 0.717) is 22.7 Å². The number of nitrogens with zero attached hydrogens (tertiary/aromatic N) is 2. The second-order valence-electron chi connectivity index (χ2n) is 6.52. The molecule has 0 amide bonds. The number of Topliss-reactive ketones (excluding diaryl/α,β-unsaturated/α-hetero) is 1. The molecule has 0 fully saturated rings. The first-order valence-electron chi connectivity index (χ1n) is 8.84. The van der Waals surface area contributed by atoms with E-state index in [1.54, 1.807) is 16.8 Å². The lowest BCUT2D eigenvalue weighted by molar-refractivity contribution is 0.102. The van der Waals surface area contributed by atoms with Gasteiger partial charge in [-0.15, -0.1) is 17.9 Å². The van der Waals surface area contributed by atoms with Crippen LogP contribution in [0.5, 0.6) is 0 Å². The first-order valence-corrected chi connectivity index (χ1v) is 10.6. The molecule has 0 aliphatic rings. The summed E-state index contributed by atoms with van der Waals surface area (Å²) in [7, 11) is 0. The predicted octanol–water partition coefficient (Wildman–Crippen LogP) is 4.72. The molecule has 0 saturated heterocycles. The normalized spacial score (nSPS) is 11.4. The van der Waals surface area contributed by atoms with Gasteiger partial charge in [0.15, 0.2) is 10.9 Å². The van der Waals surface area contributed by atoms with Gasteiger partial charge in [0.05, 0.1) is 11.1 Å². The number of thioether (sulfide) groups is 1. The van der Waals surface area contributed by atoms with Crippen LogP contribution in [-0.4, -0.2) is 26.1 Å². The molecule has 0 radical (unpaired) electrons. The summed E-state index contributed by atoms with van der Waals surface area (Å²) in [4.78, 5) is 35.4. The number of para-hydroxylation sites is 1. The van der Waals surface area contributed by atoms with Gasteiger partial charge in [-0.3, -0.25) is 14.2 Å². The summed E-state index contributed by atoms with van der Waals surface area (Å²) in [5.41, 5.74) is 2.49. The molecule has 1 N–H and O–H groups in total. The molecule has 0 unspecified atom stereocenters. The Labute approximate surface area is 170 Å². The Kier molecular flexibility index (Phi) is 4.95. The van der Waals surface area contributed by atoms with Crippen LogP contribution >= 0.6 is 23.1 Å². The number of thiophene rings is 1. The molecule has 0 atom stereocenters. The van der Waals surface area contributed by atoms with Gasteiger partial charge < -0.3 is 4.98 Å². The van der Waals surface area contributed by atoms with Crippen molar-refractivity contribution < 1.29 is 4.79 Å². The third kappa shape index (κ3) is 3.10. The van der Waals surface area contributed by atoms with Gasteiger partial charge in [-0.05, 0) is 25.5 Å². The van der Waals surface area contributed by atoms with Crippen LogP contribution in [0.25, 0.3) is 21.1 Å². The summed E-state index contributed by atoms with van der Waals surface area (Å²) in [6, 6.07) is 7.72. The monoisotopic (exact) mass is 409 g/mol. The van der Waals surface area contributed by atoms with Crippen LogP contribution in [0.2, 0.25) is 0 Å². The fourth-order valence-corrected chi connectivity index (χ4v) is 5.18. The molecule has 0 saturated carbocycles. The number of nitrogens with one attached hydrogen (secondary N) is 1. The standard InChI is InChI=1S/C21H19N3O2S2/c1-4-9-24-20(26)18-12(2)13(3)28-19(18)23-21(24)27-11-17(25)15-10-22-16-8-6-5-7-14(15)16/h4-8,10,22H,1,9,11H2,2-3H3. The lowest BCUT2D eigenvalue weighted by Crippen LogP contribution is -2.23. The minimum atomic E-state index is -0.0752. The Morgan fingerprint density at radius 1 is 1.36 bits per heavy atom. The van der Waals surface area contributed by atoms with E-state index in [-0.39, 0.29) is 17.1 Å². The highest BCUT2D eigenvalue weighted by Crippen LogP contribution is 2.29. The van der Waals surface area contributed by atoms with Crippen molar-refractivity contribution in [3.05, 3.63) is 69.5 Å². The van der Waals surface area contributed by atoms with Crippen molar-refractivity contribution in [2.24, 2.45) is 0 Å². The van der Waals surface area contributed by atoms with Crippen LogP contribution in [0.15, 0.2) is 53.1 Å². The van der Waals surface area contributed by atoms with Crippen LogP contribution in [0.1, 0.15) is 20.8 Å². The van der Waals surface area contributed by atoms with Crippen molar-refractivity contribution in [3.8, 4) is 0 Å². The van der Waals surface area contributed by atoms with E-state index in [1.165, 1.54) is 23.1 Å². The van der Waals surface area contributed by atoms with E-state index in [0.717, 1.165) is 26.2 Å². The van der Waals surface area contributed by atoms with E-state index in [4.69, 9.17) is 0 Å². The van der Waals surface area contributed by atoms with Gasteiger partial charge >= 0.3 is 0 Å². The molecular weight excluding hydrogens is 390 g/mol. The average Bonchev–Trinajstić information content (AvgIpc) is 3.24. The first-order chi connectivity index (χ1) is 13.5. The SMILES string of the molecule is C=CCn1c(SCC(=O)c2c[nH]c3ccccc23)nc2sc(C)c(C)c2c1=O. The van der Waals surface area contributed by atoms with Crippen LogP contribution in [0.3, 0.4) is 0 Å². The molecule has 1 aromatic carbocycles. The summed E-state index contributed by atoms with van der Waals surface area (Å²) in [6.45, 7) is 8.05. The van der Waals surface area contributed by atoms with Gasteiger partial charge in [-0.1, -0.05) is 36.0 Å². The number of aryl methyl sites for hydroxylation is 2. The van der Waals surface area contributed by atoms with Crippen LogP contribution in [-0.2, 0) is 6.54 Å². The summed E-state index contributed by atoms with van der Waals surface area (Å²) in [5.74, 6) is 0.209. The average molecular weight is 410 g/mol. The molecule has 4 aromatic rings. The molecule has 3 heterocycles. The Morgan fingerprint density at radius 3 is 2.93 bits per heavy atom.